The normalized spacial score (nSPS) is 12.7. The summed E-state index contributed by atoms with van der Waals surface area (Å²) in [6.45, 7) is -0.465. The molecule has 0 heterocycles. The van der Waals surface area contributed by atoms with Gasteiger partial charge in [0.05, 0.1) is 0 Å². The van der Waals surface area contributed by atoms with Gasteiger partial charge in [0.25, 0.3) is 0 Å². The van der Waals surface area contributed by atoms with Crippen LogP contribution in [0.5, 0.6) is 0 Å². The first-order chi connectivity index (χ1) is 10.9. The summed E-state index contributed by atoms with van der Waals surface area (Å²) >= 11 is -2.08. The standard InChI is InChI=1S/C16H15FNO.3CH3.Sn/c17-12-11-15(13-7-3-1-4-8-13)19-16(18)14-9-5-2-6-10-14;;;;/h2-10,15,18H,11-12H2;3*1H3;. The molecule has 23 heavy (non-hydrogen) atoms. The number of benzene rings is 2. The predicted molar refractivity (Wildman–Crippen MR) is 97.1 cm³/mol. The van der Waals surface area contributed by atoms with Gasteiger partial charge >= 0.3 is 142 Å². The molecule has 2 nitrogen and oxygen atoms in total. The van der Waals surface area contributed by atoms with Gasteiger partial charge in [-0.1, -0.05) is 0 Å². The number of hydrogen-bond acceptors (Lipinski definition) is 2. The van der Waals surface area contributed by atoms with Crippen LogP contribution in [0, 0.1) is 5.41 Å². The molecule has 2 aromatic rings. The average Bonchev–Trinajstić information content (AvgIpc) is 2.54. The van der Waals surface area contributed by atoms with E-state index in [9.17, 15) is 4.39 Å². The van der Waals surface area contributed by atoms with Crippen LogP contribution in [-0.2, 0) is 4.74 Å². The van der Waals surface area contributed by atoms with Gasteiger partial charge < -0.3 is 0 Å². The first-order valence-corrected chi connectivity index (χ1v) is 17.9. The summed E-state index contributed by atoms with van der Waals surface area (Å²) in [6.07, 6.45) is -0.162. The molecular formula is C19H24FNOSn. The SMILES string of the molecule is [CH3][Sn]([CH3])([CH3])[c]1ccc(C(CCF)OC(=N)c2ccccc2)cc1. The zero-order valence-electron chi connectivity index (χ0n) is 14.0. The van der Waals surface area contributed by atoms with E-state index >= 15 is 0 Å². The Kier molecular flexibility index (Phi) is 6.22. The zero-order valence-corrected chi connectivity index (χ0v) is 16.8. The van der Waals surface area contributed by atoms with Crippen LogP contribution in [0.1, 0.15) is 23.7 Å². The van der Waals surface area contributed by atoms with E-state index in [1.807, 2.05) is 42.5 Å². The third-order valence-electron chi connectivity index (χ3n) is 3.82. The number of rotatable bonds is 6. The van der Waals surface area contributed by atoms with E-state index in [2.05, 4.69) is 27.0 Å². The molecule has 0 saturated heterocycles. The summed E-state index contributed by atoms with van der Waals surface area (Å²) in [7, 11) is 0. The molecule has 0 spiro atoms. The Morgan fingerprint density at radius 1 is 1.04 bits per heavy atom. The molecule has 0 aliphatic rings. The molecule has 0 amide bonds. The first-order valence-electron chi connectivity index (χ1n) is 7.89. The Labute approximate surface area is 142 Å². The second-order valence-corrected chi connectivity index (χ2v) is 21.1. The fourth-order valence-corrected chi connectivity index (χ4v) is 5.72. The van der Waals surface area contributed by atoms with Gasteiger partial charge in [-0.25, -0.2) is 0 Å². The topological polar surface area (TPSA) is 33.1 Å². The van der Waals surface area contributed by atoms with Crippen molar-refractivity contribution < 1.29 is 9.13 Å². The number of ether oxygens (including phenoxy) is 1. The summed E-state index contributed by atoms with van der Waals surface area (Å²) < 4.78 is 20.1. The van der Waals surface area contributed by atoms with E-state index in [0.717, 1.165) is 5.56 Å². The van der Waals surface area contributed by atoms with Gasteiger partial charge in [0, 0.05) is 0 Å². The molecule has 1 N–H and O–H groups in total. The third-order valence-corrected chi connectivity index (χ3v) is 9.71. The van der Waals surface area contributed by atoms with Gasteiger partial charge in [-0.2, -0.15) is 0 Å². The summed E-state index contributed by atoms with van der Waals surface area (Å²) in [4.78, 5) is 7.10. The van der Waals surface area contributed by atoms with Gasteiger partial charge in [-0.15, -0.1) is 0 Å². The number of alkyl halides is 1. The molecule has 0 radical (unpaired) electrons. The van der Waals surface area contributed by atoms with E-state index in [1.165, 1.54) is 3.58 Å². The maximum absolute atomic E-state index is 12.9. The Morgan fingerprint density at radius 2 is 1.65 bits per heavy atom. The molecule has 2 aromatic carbocycles. The Morgan fingerprint density at radius 3 is 2.17 bits per heavy atom. The van der Waals surface area contributed by atoms with Crippen molar-refractivity contribution in [3.63, 3.8) is 0 Å². The summed E-state index contributed by atoms with van der Waals surface area (Å²) in [5, 5.41) is 8.10. The molecule has 0 aliphatic heterocycles. The molecule has 122 valence electrons. The van der Waals surface area contributed by atoms with Crippen LogP contribution in [0.15, 0.2) is 54.6 Å². The molecule has 0 saturated carbocycles. The van der Waals surface area contributed by atoms with E-state index < -0.39 is 31.2 Å². The van der Waals surface area contributed by atoms with Gasteiger partial charge in [0.2, 0.25) is 0 Å². The molecule has 0 fully saturated rings. The molecule has 1 atom stereocenters. The Bertz CT molecular complexity index is 635. The van der Waals surface area contributed by atoms with Crippen molar-refractivity contribution in [2.75, 3.05) is 6.67 Å². The van der Waals surface area contributed by atoms with Crippen LogP contribution >= 0.6 is 0 Å². The minimum atomic E-state index is -2.08. The van der Waals surface area contributed by atoms with Crippen LogP contribution in [0.3, 0.4) is 0 Å². The molecule has 0 bridgehead atoms. The second kappa shape index (κ2) is 7.95. The van der Waals surface area contributed by atoms with Gasteiger partial charge in [-0.3, -0.25) is 0 Å². The van der Waals surface area contributed by atoms with E-state index in [1.54, 1.807) is 0 Å². The number of halogens is 1. The second-order valence-electron chi connectivity index (χ2n) is 6.65. The average molecular weight is 420 g/mol. The van der Waals surface area contributed by atoms with Crippen molar-refractivity contribution in [3.8, 4) is 0 Å². The third kappa shape index (κ3) is 5.06. The maximum atomic E-state index is 12.9. The first kappa shape index (κ1) is 18.0. The minimum absolute atomic E-state index is 0.0862. The van der Waals surface area contributed by atoms with Crippen LogP contribution in [0.25, 0.3) is 0 Å². The van der Waals surface area contributed by atoms with Crippen molar-refractivity contribution in [1.29, 1.82) is 5.41 Å². The molecular weight excluding hydrogens is 396 g/mol. The van der Waals surface area contributed by atoms with Gasteiger partial charge in [0.1, 0.15) is 0 Å². The van der Waals surface area contributed by atoms with Crippen molar-refractivity contribution in [2.24, 2.45) is 0 Å². The number of nitrogens with one attached hydrogen (secondary N) is 1. The Hall–Kier alpha value is -1.36. The van der Waals surface area contributed by atoms with Crippen LogP contribution in [0.2, 0.25) is 14.8 Å². The monoisotopic (exact) mass is 421 g/mol. The van der Waals surface area contributed by atoms with Gasteiger partial charge in [0.15, 0.2) is 0 Å². The molecule has 4 heteroatoms. The molecule has 0 aliphatic carbocycles. The molecule has 2 rings (SSSR count). The summed E-state index contributed by atoms with van der Waals surface area (Å²) in [5.74, 6) is 0.0862. The summed E-state index contributed by atoms with van der Waals surface area (Å²) in [6, 6.07) is 17.6. The van der Waals surface area contributed by atoms with Crippen molar-refractivity contribution in [2.45, 2.75) is 27.3 Å². The quantitative estimate of drug-likeness (QED) is 0.411. The van der Waals surface area contributed by atoms with Gasteiger partial charge in [-0.05, 0) is 0 Å². The molecule has 0 aromatic heterocycles. The van der Waals surface area contributed by atoms with Crippen LogP contribution in [0.4, 0.5) is 4.39 Å². The molecule has 1 unspecified atom stereocenters. The van der Waals surface area contributed by atoms with E-state index in [0.29, 0.717) is 5.56 Å². The number of hydrogen-bond donors (Lipinski definition) is 1. The van der Waals surface area contributed by atoms with E-state index in [4.69, 9.17) is 10.1 Å². The Balaban J connectivity index is 2.16. The fraction of sp³-hybridized carbons (Fsp3) is 0.316. The predicted octanol–water partition coefficient (Wildman–Crippen LogP) is 4.67. The van der Waals surface area contributed by atoms with Crippen molar-refractivity contribution in [1.82, 2.24) is 0 Å². The zero-order chi connectivity index (χ0) is 16.9. The van der Waals surface area contributed by atoms with Crippen molar-refractivity contribution in [3.05, 3.63) is 65.7 Å². The van der Waals surface area contributed by atoms with Crippen LogP contribution in [-0.4, -0.2) is 30.9 Å². The van der Waals surface area contributed by atoms with Crippen molar-refractivity contribution >= 4 is 27.9 Å². The van der Waals surface area contributed by atoms with E-state index in [-0.39, 0.29) is 12.3 Å². The van der Waals surface area contributed by atoms with Crippen LogP contribution < -0.4 is 3.58 Å². The summed E-state index contributed by atoms with van der Waals surface area (Å²) in [5.41, 5.74) is 1.64. The fourth-order valence-electron chi connectivity index (χ4n) is 2.39.